The molecule has 0 spiro atoms. The monoisotopic (exact) mass is 350 g/mol. The van der Waals surface area contributed by atoms with E-state index in [0.717, 1.165) is 27.8 Å². The number of thioether (sulfide) groups is 1. The third kappa shape index (κ3) is 4.74. The molecular weight excluding hydrogens is 328 g/mol. The number of aryl methyl sites for hydroxylation is 1. The molecule has 2 rings (SSSR count). The van der Waals surface area contributed by atoms with Crippen molar-refractivity contribution in [3.05, 3.63) is 29.3 Å². The van der Waals surface area contributed by atoms with E-state index in [1.807, 2.05) is 25.1 Å². The number of amides is 3. The van der Waals surface area contributed by atoms with E-state index in [2.05, 4.69) is 19.2 Å². The fraction of sp³-hybridized carbons (Fsp3) is 0.471. The normalized spacial score (nSPS) is 14.4. The first kappa shape index (κ1) is 18.3. The molecule has 1 saturated heterocycles. The predicted octanol–water partition coefficient (Wildman–Crippen LogP) is 2.31. The maximum atomic E-state index is 11.9. The molecule has 3 amide bonds. The number of carbonyl (C=O) groups excluding carboxylic acids is 3. The van der Waals surface area contributed by atoms with Crippen molar-refractivity contribution in [2.24, 2.45) is 0 Å². The van der Waals surface area contributed by atoms with Gasteiger partial charge in [-0.15, -0.1) is 0 Å². The van der Waals surface area contributed by atoms with Crippen LogP contribution in [0.3, 0.4) is 0 Å². The van der Waals surface area contributed by atoms with Gasteiger partial charge in [0.05, 0.1) is 5.75 Å². The third-order valence-electron chi connectivity index (χ3n) is 3.65. The lowest BCUT2D eigenvalue weighted by Gasteiger charge is -2.16. The minimum absolute atomic E-state index is 0.0974. The van der Waals surface area contributed by atoms with Crippen LogP contribution >= 0.6 is 11.8 Å². The number of rotatable bonds is 7. The molecule has 0 atom stereocenters. The van der Waals surface area contributed by atoms with Crippen LogP contribution < -0.4 is 10.1 Å². The largest absolute Gasteiger partial charge is 0.483 e. The number of carbonyl (C=O) groups is 3. The summed E-state index contributed by atoms with van der Waals surface area (Å²) in [5.41, 5.74) is 2.12. The SMILES string of the molecule is Cc1ccc(C(C)C)c(OCC(=O)NCCN2C(=O)CSC2=O)c1. The summed E-state index contributed by atoms with van der Waals surface area (Å²) in [5.74, 6) is 0.700. The molecule has 7 heteroatoms. The Kier molecular flexibility index (Phi) is 6.25. The van der Waals surface area contributed by atoms with Crippen molar-refractivity contribution in [3.8, 4) is 5.75 Å². The van der Waals surface area contributed by atoms with Gasteiger partial charge in [-0.25, -0.2) is 0 Å². The van der Waals surface area contributed by atoms with Gasteiger partial charge in [0.1, 0.15) is 5.75 Å². The average Bonchev–Trinajstić information content (AvgIpc) is 2.84. The van der Waals surface area contributed by atoms with Gasteiger partial charge in [-0.1, -0.05) is 37.7 Å². The summed E-state index contributed by atoms with van der Waals surface area (Å²) >= 11 is 0.985. The fourth-order valence-electron chi connectivity index (χ4n) is 2.34. The van der Waals surface area contributed by atoms with Crippen molar-refractivity contribution < 1.29 is 19.1 Å². The van der Waals surface area contributed by atoms with Crippen LogP contribution in [0.15, 0.2) is 18.2 Å². The van der Waals surface area contributed by atoms with Gasteiger partial charge in [0.15, 0.2) is 6.61 Å². The van der Waals surface area contributed by atoms with Crippen LogP contribution in [-0.4, -0.2) is 47.4 Å². The highest BCUT2D eigenvalue weighted by molar-refractivity contribution is 8.14. The fourth-order valence-corrected chi connectivity index (χ4v) is 3.09. The zero-order chi connectivity index (χ0) is 17.7. The Balaban J connectivity index is 1.80. The lowest BCUT2D eigenvalue weighted by molar-refractivity contribution is -0.126. The van der Waals surface area contributed by atoms with Crippen LogP contribution in [0.4, 0.5) is 4.79 Å². The van der Waals surface area contributed by atoms with Gasteiger partial charge < -0.3 is 10.1 Å². The first-order chi connectivity index (χ1) is 11.4. The maximum Gasteiger partial charge on any atom is 0.288 e. The number of hydrogen-bond donors (Lipinski definition) is 1. The molecule has 0 unspecified atom stereocenters. The Morgan fingerprint density at radius 1 is 1.38 bits per heavy atom. The Bertz CT molecular complexity index is 629. The van der Waals surface area contributed by atoms with Crippen molar-refractivity contribution in [1.29, 1.82) is 0 Å². The van der Waals surface area contributed by atoms with Gasteiger partial charge in [0.25, 0.3) is 11.1 Å². The smallest absolute Gasteiger partial charge is 0.288 e. The molecule has 6 nitrogen and oxygen atoms in total. The molecule has 1 N–H and O–H groups in total. The van der Waals surface area contributed by atoms with E-state index in [9.17, 15) is 14.4 Å². The van der Waals surface area contributed by atoms with Gasteiger partial charge in [-0.3, -0.25) is 19.3 Å². The molecule has 24 heavy (non-hydrogen) atoms. The summed E-state index contributed by atoms with van der Waals surface area (Å²) in [5, 5.41) is 2.41. The maximum absolute atomic E-state index is 11.9. The molecule has 0 radical (unpaired) electrons. The van der Waals surface area contributed by atoms with Crippen LogP contribution in [0.1, 0.15) is 30.9 Å². The van der Waals surface area contributed by atoms with E-state index >= 15 is 0 Å². The predicted molar refractivity (Wildman–Crippen MR) is 93.3 cm³/mol. The van der Waals surface area contributed by atoms with Crippen LogP contribution in [0, 0.1) is 6.92 Å². The van der Waals surface area contributed by atoms with Crippen LogP contribution in [0.5, 0.6) is 5.75 Å². The Hall–Kier alpha value is -2.02. The highest BCUT2D eigenvalue weighted by atomic mass is 32.2. The van der Waals surface area contributed by atoms with Crippen molar-refractivity contribution in [2.75, 3.05) is 25.4 Å². The van der Waals surface area contributed by atoms with E-state index in [-0.39, 0.29) is 42.5 Å². The van der Waals surface area contributed by atoms with Gasteiger partial charge in [-0.2, -0.15) is 0 Å². The number of hydrogen-bond acceptors (Lipinski definition) is 5. The quantitative estimate of drug-likeness (QED) is 0.817. The Labute approximate surface area is 145 Å². The zero-order valence-electron chi connectivity index (χ0n) is 14.1. The second kappa shape index (κ2) is 8.19. The number of ether oxygens (including phenoxy) is 1. The first-order valence-electron chi connectivity index (χ1n) is 7.85. The standard InChI is InChI=1S/C17H22N2O4S/c1-11(2)13-5-4-12(3)8-14(13)23-9-15(20)18-6-7-19-16(21)10-24-17(19)22/h4-5,8,11H,6-7,9-10H2,1-3H3,(H,18,20). The van der Waals surface area contributed by atoms with Gasteiger partial charge >= 0.3 is 0 Å². The number of imide groups is 1. The van der Waals surface area contributed by atoms with E-state index in [1.165, 1.54) is 0 Å². The summed E-state index contributed by atoms with van der Waals surface area (Å²) < 4.78 is 5.64. The number of nitrogens with zero attached hydrogens (tertiary/aromatic N) is 1. The summed E-state index contributed by atoms with van der Waals surface area (Å²) in [6.07, 6.45) is 0. The molecule has 0 aromatic heterocycles. The van der Waals surface area contributed by atoms with Gasteiger partial charge in [0, 0.05) is 13.1 Å². The van der Waals surface area contributed by atoms with Gasteiger partial charge in [0.2, 0.25) is 5.91 Å². The van der Waals surface area contributed by atoms with E-state index in [4.69, 9.17) is 4.74 Å². The lowest BCUT2D eigenvalue weighted by Crippen LogP contribution is -2.39. The topological polar surface area (TPSA) is 75.7 Å². The van der Waals surface area contributed by atoms with E-state index in [0.29, 0.717) is 11.7 Å². The molecular formula is C17H22N2O4S. The summed E-state index contributed by atoms with van der Waals surface area (Å²) in [7, 11) is 0. The minimum atomic E-state index is -0.280. The summed E-state index contributed by atoms with van der Waals surface area (Å²) in [6, 6.07) is 5.95. The Morgan fingerprint density at radius 2 is 2.12 bits per heavy atom. The van der Waals surface area contributed by atoms with Crippen LogP contribution in [0.2, 0.25) is 0 Å². The molecule has 0 aliphatic carbocycles. The van der Waals surface area contributed by atoms with Crippen molar-refractivity contribution in [3.63, 3.8) is 0 Å². The van der Waals surface area contributed by atoms with E-state index in [1.54, 1.807) is 0 Å². The highest BCUT2D eigenvalue weighted by Crippen LogP contribution is 2.27. The van der Waals surface area contributed by atoms with Crippen molar-refractivity contribution >= 4 is 28.8 Å². The molecule has 0 saturated carbocycles. The second-order valence-corrected chi connectivity index (χ2v) is 6.86. The average molecular weight is 350 g/mol. The molecule has 0 bridgehead atoms. The van der Waals surface area contributed by atoms with Crippen LogP contribution in [-0.2, 0) is 9.59 Å². The number of nitrogens with one attached hydrogen (secondary N) is 1. The molecule has 1 fully saturated rings. The summed E-state index contributed by atoms with van der Waals surface area (Å²) in [4.78, 5) is 35.9. The minimum Gasteiger partial charge on any atom is -0.483 e. The molecule has 1 aliphatic rings. The molecule has 1 aliphatic heterocycles. The summed E-state index contributed by atoms with van der Waals surface area (Å²) in [6.45, 7) is 6.43. The van der Waals surface area contributed by atoms with Crippen LogP contribution in [0.25, 0.3) is 0 Å². The second-order valence-electron chi connectivity index (χ2n) is 5.93. The van der Waals surface area contributed by atoms with E-state index < -0.39 is 0 Å². The van der Waals surface area contributed by atoms with Gasteiger partial charge in [-0.05, 0) is 30.0 Å². The molecule has 1 aromatic carbocycles. The first-order valence-corrected chi connectivity index (χ1v) is 8.84. The molecule has 1 heterocycles. The van der Waals surface area contributed by atoms with Crippen molar-refractivity contribution in [2.45, 2.75) is 26.7 Å². The Morgan fingerprint density at radius 3 is 2.75 bits per heavy atom. The third-order valence-corrected chi connectivity index (χ3v) is 4.51. The molecule has 1 aromatic rings. The van der Waals surface area contributed by atoms with Crippen molar-refractivity contribution in [1.82, 2.24) is 10.2 Å². The molecule has 130 valence electrons. The zero-order valence-corrected chi connectivity index (χ0v) is 14.9. The lowest BCUT2D eigenvalue weighted by atomic mass is 10.0. The number of benzene rings is 1. The highest BCUT2D eigenvalue weighted by Gasteiger charge is 2.29.